The van der Waals surface area contributed by atoms with Gasteiger partial charge in [0, 0.05) is 19.6 Å². The van der Waals surface area contributed by atoms with E-state index in [0.29, 0.717) is 42.1 Å². The van der Waals surface area contributed by atoms with Gasteiger partial charge in [-0.1, -0.05) is 6.07 Å². The van der Waals surface area contributed by atoms with Crippen LogP contribution in [0.4, 0.5) is 13.2 Å². The Balaban J connectivity index is 0.00000225. The minimum Gasteiger partial charge on any atom is -0.497 e. The molecular weight excluding hydrogens is 393 g/mol. The SMILES string of the molecule is COc1ccc(-c2cc3c(c(C(F)(F)F)c2)C(=O)N2CCNC[C@@H]32)c(C)c1.Cl. The normalized spacial score (nSPS) is 18.4. The third-order valence-corrected chi connectivity index (χ3v) is 5.30. The minimum atomic E-state index is -4.60. The summed E-state index contributed by atoms with van der Waals surface area (Å²) in [5, 5.41) is 3.17. The van der Waals surface area contributed by atoms with E-state index < -0.39 is 17.6 Å². The molecule has 2 aromatic rings. The molecule has 0 aromatic heterocycles. The number of fused-ring (bicyclic) bond motifs is 3. The number of hydrogen-bond acceptors (Lipinski definition) is 3. The molecule has 0 spiro atoms. The zero-order valence-electron chi connectivity index (χ0n) is 15.4. The second kappa shape index (κ2) is 7.29. The van der Waals surface area contributed by atoms with Crippen molar-refractivity contribution in [2.24, 2.45) is 0 Å². The van der Waals surface area contributed by atoms with E-state index in [2.05, 4.69) is 5.32 Å². The van der Waals surface area contributed by atoms with Gasteiger partial charge in [0.05, 0.1) is 24.3 Å². The van der Waals surface area contributed by atoms with Crippen molar-refractivity contribution in [2.45, 2.75) is 19.1 Å². The topological polar surface area (TPSA) is 41.6 Å². The van der Waals surface area contributed by atoms with Gasteiger partial charge in [-0.05, 0) is 53.4 Å². The highest BCUT2D eigenvalue weighted by Crippen LogP contribution is 2.44. The minimum absolute atomic E-state index is 0. The number of nitrogens with zero attached hydrogens (tertiary/aromatic N) is 1. The van der Waals surface area contributed by atoms with Crippen LogP contribution < -0.4 is 10.1 Å². The monoisotopic (exact) mass is 412 g/mol. The van der Waals surface area contributed by atoms with Crippen molar-refractivity contribution in [3.63, 3.8) is 0 Å². The Labute approximate surface area is 167 Å². The number of carbonyl (C=O) groups excluding carboxylic acids is 1. The smallest absolute Gasteiger partial charge is 0.417 e. The van der Waals surface area contributed by atoms with Crippen LogP contribution in [0.1, 0.15) is 33.1 Å². The van der Waals surface area contributed by atoms with Crippen LogP contribution in [0.25, 0.3) is 11.1 Å². The van der Waals surface area contributed by atoms with Gasteiger partial charge in [0.2, 0.25) is 0 Å². The molecule has 28 heavy (non-hydrogen) atoms. The molecule has 1 amide bonds. The Morgan fingerprint density at radius 2 is 1.96 bits per heavy atom. The number of aryl methyl sites for hydroxylation is 1. The maximum Gasteiger partial charge on any atom is 0.417 e. The van der Waals surface area contributed by atoms with Crippen molar-refractivity contribution in [3.05, 3.63) is 52.6 Å². The van der Waals surface area contributed by atoms with Crippen LogP contribution in [0.2, 0.25) is 0 Å². The molecule has 8 heteroatoms. The van der Waals surface area contributed by atoms with E-state index in [1.807, 2.05) is 6.92 Å². The fourth-order valence-corrected chi connectivity index (χ4v) is 4.00. The molecule has 0 radical (unpaired) electrons. The number of amides is 1. The molecule has 0 aliphatic carbocycles. The second-order valence-electron chi connectivity index (χ2n) is 6.89. The van der Waals surface area contributed by atoms with Crippen LogP contribution in [0.3, 0.4) is 0 Å². The summed E-state index contributed by atoms with van der Waals surface area (Å²) in [5.74, 6) is 0.119. The molecule has 1 saturated heterocycles. The van der Waals surface area contributed by atoms with Gasteiger partial charge >= 0.3 is 6.18 Å². The molecule has 0 unspecified atom stereocenters. The number of piperazine rings is 1. The Morgan fingerprint density at radius 3 is 2.61 bits per heavy atom. The van der Waals surface area contributed by atoms with Gasteiger partial charge in [0.25, 0.3) is 5.91 Å². The molecule has 1 atom stereocenters. The third-order valence-electron chi connectivity index (χ3n) is 5.30. The highest BCUT2D eigenvalue weighted by Gasteiger charge is 2.45. The van der Waals surface area contributed by atoms with Gasteiger partial charge < -0.3 is 15.0 Å². The number of alkyl halides is 3. The maximum absolute atomic E-state index is 13.8. The Hall–Kier alpha value is -2.25. The number of hydrogen-bond donors (Lipinski definition) is 1. The van der Waals surface area contributed by atoms with Crippen LogP contribution in [0.5, 0.6) is 5.75 Å². The number of nitrogens with one attached hydrogen (secondary N) is 1. The van der Waals surface area contributed by atoms with Gasteiger partial charge in [-0.2, -0.15) is 13.2 Å². The predicted octanol–water partition coefficient (Wildman–Crippen LogP) is 4.21. The van der Waals surface area contributed by atoms with E-state index >= 15 is 0 Å². The standard InChI is InChI=1S/C20H19F3N2O2.ClH/c1-11-7-13(27-2)3-4-14(11)12-8-15-17-10-24-5-6-25(17)19(26)18(15)16(9-12)20(21,22)23;/h3-4,7-9,17,24H,5-6,10H2,1-2H3;1H/t17-;/m0./s1. The first-order valence-corrected chi connectivity index (χ1v) is 8.73. The Kier molecular flexibility index (Phi) is 5.34. The first-order chi connectivity index (χ1) is 12.8. The fourth-order valence-electron chi connectivity index (χ4n) is 4.00. The highest BCUT2D eigenvalue weighted by atomic mass is 35.5. The molecule has 1 fully saturated rings. The van der Waals surface area contributed by atoms with Crippen molar-refractivity contribution in [3.8, 4) is 16.9 Å². The van der Waals surface area contributed by atoms with Crippen molar-refractivity contribution in [2.75, 3.05) is 26.7 Å². The summed E-state index contributed by atoms with van der Waals surface area (Å²) < 4.78 is 46.6. The van der Waals surface area contributed by atoms with Crippen molar-refractivity contribution in [1.29, 1.82) is 0 Å². The number of rotatable bonds is 2. The molecule has 0 bridgehead atoms. The number of carbonyl (C=O) groups is 1. The average Bonchev–Trinajstić information content (AvgIpc) is 2.93. The summed E-state index contributed by atoms with van der Waals surface area (Å²) in [6.07, 6.45) is -4.60. The summed E-state index contributed by atoms with van der Waals surface area (Å²) in [7, 11) is 1.54. The van der Waals surface area contributed by atoms with Gasteiger partial charge in [-0.3, -0.25) is 4.79 Å². The predicted molar refractivity (Wildman–Crippen MR) is 102 cm³/mol. The quantitative estimate of drug-likeness (QED) is 0.803. The number of benzene rings is 2. The summed E-state index contributed by atoms with van der Waals surface area (Å²) in [5.41, 5.74) is 1.36. The lowest BCUT2D eigenvalue weighted by Crippen LogP contribution is -2.44. The van der Waals surface area contributed by atoms with Gasteiger partial charge in [-0.25, -0.2) is 0 Å². The summed E-state index contributed by atoms with van der Waals surface area (Å²) >= 11 is 0. The van der Waals surface area contributed by atoms with Gasteiger partial charge in [0.15, 0.2) is 0 Å². The van der Waals surface area contributed by atoms with Gasteiger partial charge in [0.1, 0.15) is 5.75 Å². The lowest BCUT2D eigenvalue weighted by Gasteiger charge is -2.30. The molecule has 2 heterocycles. The molecule has 4 rings (SSSR count). The third kappa shape index (κ3) is 3.22. The van der Waals surface area contributed by atoms with E-state index in [4.69, 9.17) is 4.74 Å². The van der Waals surface area contributed by atoms with Crippen molar-refractivity contribution < 1.29 is 22.7 Å². The van der Waals surface area contributed by atoms with Crippen molar-refractivity contribution in [1.82, 2.24) is 10.2 Å². The van der Waals surface area contributed by atoms with Crippen molar-refractivity contribution >= 4 is 18.3 Å². The fraction of sp³-hybridized carbons (Fsp3) is 0.350. The van der Waals surface area contributed by atoms with Crippen LogP contribution in [0.15, 0.2) is 30.3 Å². The highest BCUT2D eigenvalue weighted by molar-refractivity contribution is 6.02. The summed E-state index contributed by atoms with van der Waals surface area (Å²) in [6.45, 7) is 3.29. The average molecular weight is 413 g/mol. The first kappa shape index (κ1) is 20.5. The van der Waals surface area contributed by atoms with E-state index in [1.165, 1.54) is 0 Å². The van der Waals surface area contributed by atoms with Crippen LogP contribution in [-0.2, 0) is 6.18 Å². The first-order valence-electron chi connectivity index (χ1n) is 8.73. The second-order valence-corrected chi connectivity index (χ2v) is 6.89. The zero-order valence-corrected chi connectivity index (χ0v) is 16.2. The zero-order chi connectivity index (χ0) is 19.3. The molecular formula is C20H20ClF3N2O2. The van der Waals surface area contributed by atoms with E-state index in [-0.39, 0.29) is 24.0 Å². The van der Waals surface area contributed by atoms with E-state index in [1.54, 1.807) is 36.3 Å². The van der Waals surface area contributed by atoms with E-state index in [9.17, 15) is 18.0 Å². The molecule has 0 saturated carbocycles. The lowest BCUT2D eigenvalue weighted by atomic mass is 9.91. The largest absolute Gasteiger partial charge is 0.497 e. The van der Waals surface area contributed by atoms with Crippen LogP contribution >= 0.6 is 12.4 Å². The Bertz CT molecular complexity index is 930. The molecule has 4 nitrogen and oxygen atoms in total. The number of halogens is 4. The number of methoxy groups -OCH3 is 1. The Morgan fingerprint density at radius 1 is 1.21 bits per heavy atom. The number of ether oxygens (including phenoxy) is 1. The van der Waals surface area contributed by atoms with E-state index in [0.717, 1.165) is 11.6 Å². The van der Waals surface area contributed by atoms with Crippen LogP contribution in [-0.4, -0.2) is 37.6 Å². The molecule has 2 aromatic carbocycles. The summed E-state index contributed by atoms with van der Waals surface area (Å²) in [4.78, 5) is 14.2. The summed E-state index contributed by atoms with van der Waals surface area (Å²) in [6, 6.07) is 7.73. The molecule has 1 N–H and O–H groups in total. The lowest BCUT2D eigenvalue weighted by molar-refractivity contribution is -0.137. The molecule has 2 aliphatic heterocycles. The molecule has 150 valence electrons. The maximum atomic E-state index is 13.8. The van der Waals surface area contributed by atoms with Gasteiger partial charge in [-0.15, -0.1) is 12.4 Å². The molecule has 2 aliphatic rings. The van der Waals surface area contributed by atoms with Crippen LogP contribution in [0, 0.1) is 6.92 Å².